The molecule has 0 heterocycles. The van der Waals surface area contributed by atoms with Crippen molar-refractivity contribution in [1.29, 1.82) is 0 Å². The second-order valence-electron chi connectivity index (χ2n) is 4.20. The molecule has 0 unspecified atom stereocenters. The summed E-state index contributed by atoms with van der Waals surface area (Å²) in [6.07, 6.45) is 2.90. The number of halogens is 2. The van der Waals surface area contributed by atoms with Crippen molar-refractivity contribution in [3.05, 3.63) is 65.7 Å². The van der Waals surface area contributed by atoms with Gasteiger partial charge in [0.05, 0.1) is 0 Å². The Balaban J connectivity index is 2.05. The van der Waals surface area contributed by atoms with E-state index in [9.17, 15) is 18.7 Å². The predicted molar refractivity (Wildman–Crippen MR) is 74.5 cm³/mol. The number of hydrogen-bond donors (Lipinski definition) is 1. The highest BCUT2D eigenvalue weighted by Gasteiger charge is 2.04. The largest absolute Gasteiger partial charge is 0.508 e. The molecule has 0 aliphatic heterocycles. The fourth-order valence-electron chi connectivity index (χ4n) is 1.69. The van der Waals surface area contributed by atoms with Gasteiger partial charge in [-0.3, -0.25) is 4.79 Å². The lowest BCUT2D eigenvalue weighted by Crippen LogP contribution is -2.01. The van der Waals surface area contributed by atoms with Gasteiger partial charge in [0.15, 0.2) is 5.78 Å². The number of allylic oxidation sites excluding steroid dienone is 1. The third-order valence-electron chi connectivity index (χ3n) is 2.66. The van der Waals surface area contributed by atoms with Crippen LogP contribution in [0.5, 0.6) is 11.5 Å². The Kier molecular flexibility index (Phi) is 4.66. The summed E-state index contributed by atoms with van der Waals surface area (Å²) in [4.78, 5) is 11.9. The van der Waals surface area contributed by atoms with Crippen molar-refractivity contribution in [3.8, 4) is 11.5 Å². The number of benzene rings is 2. The van der Waals surface area contributed by atoms with Crippen molar-refractivity contribution in [2.45, 2.75) is 6.61 Å². The van der Waals surface area contributed by atoms with Gasteiger partial charge in [0.25, 0.3) is 0 Å². The molecular weight excluding hydrogens is 278 g/mol. The zero-order chi connectivity index (χ0) is 15.2. The van der Waals surface area contributed by atoms with Crippen LogP contribution in [0.25, 0.3) is 6.08 Å². The monoisotopic (exact) mass is 290 g/mol. The minimum absolute atomic E-state index is 0.0164. The number of rotatable bonds is 5. The number of alkyl halides is 2. The number of hydrogen-bond acceptors (Lipinski definition) is 3. The van der Waals surface area contributed by atoms with Gasteiger partial charge in [-0.1, -0.05) is 30.3 Å². The van der Waals surface area contributed by atoms with Crippen molar-refractivity contribution in [1.82, 2.24) is 0 Å². The first-order chi connectivity index (χ1) is 10.0. The summed E-state index contributed by atoms with van der Waals surface area (Å²) >= 11 is 0. The Morgan fingerprint density at radius 3 is 2.48 bits per heavy atom. The number of aromatic hydroxyl groups is 1. The van der Waals surface area contributed by atoms with Gasteiger partial charge in [0, 0.05) is 5.56 Å². The molecule has 0 aliphatic rings. The quantitative estimate of drug-likeness (QED) is 0.671. The second-order valence-corrected chi connectivity index (χ2v) is 4.20. The number of phenolic OH excluding ortho intramolecular Hbond substituents is 1. The van der Waals surface area contributed by atoms with Crippen molar-refractivity contribution >= 4 is 11.9 Å². The molecule has 0 aliphatic carbocycles. The zero-order valence-electron chi connectivity index (χ0n) is 10.9. The van der Waals surface area contributed by atoms with Gasteiger partial charge in [0.1, 0.15) is 11.5 Å². The number of carbonyl (C=O) groups is 1. The first-order valence-electron chi connectivity index (χ1n) is 6.11. The molecule has 0 saturated heterocycles. The van der Waals surface area contributed by atoms with E-state index in [1.54, 1.807) is 30.3 Å². The number of phenols is 1. The van der Waals surface area contributed by atoms with E-state index < -0.39 is 6.61 Å². The Morgan fingerprint density at radius 2 is 1.86 bits per heavy atom. The lowest BCUT2D eigenvalue weighted by atomic mass is 10.1. The summed E-state index contributed by atoms with van der Waals surface area (Å²) in [5.74, 6) is -0.192. The maximum atomic E-state index is 12.0. The number of carbonyl (C=O) groups excluding carboxylic acids is 1. The summed E-state index contributed by atoms with van der Waals surface area (Å²) in [7, 11) is 0. The van der Waals surface area contributed by atoms with E-state index in [-0.39, 0.29) is 17.3 Å². The second kappa shape index (κ2) is 6.65. The van der Waals surface area contributed by atoms with Crippen LogP contribution in [0.15, 0.2) is 54.6 Å². The smallest absolute Gasteiger partial charge is 0.387 e. The minimum atomic E-state index is -2.86. The lowest BCUT2D eigenvalue weighted by Gasteiger charge is -2.03. The van der Waals surface area contributed by atoms with Gasteiger partial charge in [-0.25, -0.2) is 0 Å². The van der Waals surface area contributed by atoms with Crippen LogP contribution in [0.3, 0.4) is 0 Å². The molecule has 0 aromatic heterocycles. The molecule has 0 saturated carbocycles. The van der Waals surface area contributed by atoms with E-state index >= 15 is 0 Å². The molecule has 0 bridgehead atoms. The third kappa shape index (κ3) is 4.42. The molecular formula is C16H12F2O3. The van der Waals surface area contributed by atoms with Gasteiger partial charge in [-0.15, -0.1) is 0 Å². The van der Waals surface area contributed by atoms with Crippen LogP contribution >= 0.6 is 0 Å². The van der Waals surface area contributed by atoms with Crippen LogP contribution in [0.2, 0.25) is 0 Å². The summed E-state index contributed by atoms with van der Waals surface area (Å²) < 4.78 is 28.2. The van der Waals surface area contributed by atoms with Crippen LogP contribution in [-0.2, 0) is 0 Å². The summed E-state index contributed by atoms with van der Waals surface area (Å²) in [5, 5.41) is 9.30. The Hall–Kier alpha value is -2.69. The van der Waals surface area contributed by atoms with Crippen molar-refractivity contribution in [2.24, 2.45) is 0 Å². The molecule has 0 atom stereocenters. The van der Waals surface area contributed by atoms with E-state index in [0.29, 0.717) is 11.1 Å². The number of ketones is 1. The molecule has 0 amide bonds. The zero-order valence-corrected chi connectivity index (χ0v) is 10.9. The highest BCUT2D eigenvalue weighted by atomic mass is 19.3. The minimum Gasteiger partial charge on any atom is -0.508 e. The fraction of sp³-hybridized carbons (Fsp3) is 0.0625. The molecule has 108 valence electrons. The molecule has 0 spiro atoms. The summed E-state index contributed by atoms with van der Waals surface area (Å²) in [6, 6.07) is 11.9. The van der Waals surface area contributed by atoms with Crippen molar-refractivity contribution in [2.75, 3.05) is 0 Å². The Morgan fingerprint density at radius 1 is 1.14 bits per heavy atom. The molecule has 2 aromatic rings. The standard InChI is InChI=1S/C16H12F2O3/c17-16(18)21-14-7-4-11(5-8-14)6-9-15(20)12-2-1-3-13(19)10-12/h1-10,16,19H. The van der Waals surface area contributed by atoms with Gasteiger partial charge in [-0.2, -0.15) is 8.78 Å². The summed E-state index contributed by atoms with van der Waals surface area (Å²) in [6.45, 7) is -2.86. The first-order valence-corrected chi connectivity index (χ1v) is 6.11. The first kappa shape index (κ1) is 14.7. The van der Waals surface area contributed by atoms with Crippen LogP contribution in [0.1, 0.15) is 15.9 Å². The van der Waals surface area contributed by atoms with Gasteiger partial charge in [0.2, 0.25) is 0 Å². The van der Waals surface area contributed by atoms with E-state index in [0.717, 1.165) is 0 Å². The summed E-state index contributed by atoms with van der Waals surface area (Å²) in [5.41, 5.74) is 1.04. The molecule has 0 radical (unpaired) electrons. The molecule has 2 aromatic carbocycles. The molecule has 21 heavy (non-hydrogen) atoms. The maximum Gasteiger partial charge on any atom is 0.387 e. The van der Waals surface area contributed by atoms with Crippen molar-refractivity contribution < 1.29 is 23.4 Å². The van der Waals surface area contributed by atoms with Crippen LogP contribution in [0.4, 0.5) is 8.78 Å². The maximum absolute atomic E-state index is 12.0. The normalized spacial score (nSPS) is 11.0. The highest BCUT2D eigenvalue weighted by molar-refractivity contribution is 6.07. The van der Waals surface area contributed by atoms with Gasteiger partial charge in [-0.05, 0) is 35.9 Å². The molecule has 5 heteroatoms. The van der Waals surface area contributed by atoms with E-state index in [2.05, 4.69) is 4.74 Å². The average Bonchev–Trinajstić information content (AvgIpc) is 2.45. The SMILES string of the molecule is O=C(C=Cc1ccc(OC(F)F)cc1)c1cccc(O)c1. The fourth-order valence-corrected chi connectivity index (χ4v) is 1.69. The third-order valence-corrected chi connectivity index (χ3v) is 2.66. The van der Waals surface area contributed by atoms with Gasteiger partial charge < -0.3 is 9.84 Å². The van der Waals surface area contributed by atoms with E-state index in [1.165, 1.54) is 30.3 Å². The van der Waals surface area contributed by atoms with Crippen LogP contribution in [0, 0.1) is 0 Å². The molecule has 3 nitrogen and oxygen atoms in total. The van der Waals surface area contributed by atoms with Crippen LogP contribution < -0.4 is 4.74 Å². The lowest BCUT2D eigenvalue weighted by molar-refractivity contribution is -0.0498. The van der Waals surface area contributed by atoms with E-state index in [4.69, 9.17) is 0 Å². The van der Waals surface area contributed by atoms with Crippen LogP contribution in [-0.4, -0.2) is 17.5 Å². The van der Waals surface area contributed by atoms with Gasteiger partial charge >= 0.3 is 6.61 Å². The topological polar surface area (TPSA) is 46.5 Å². The predicted octanol–water partition coefficient (Wildman–Crippen LogP) is 3.89. The number of ether oxygens (including phenoxy) is 1. The van der Waals surface area contributed by atoms with E-state index in [1.807, 2.05) is 0 Å². The molecule has 2 rings (SSSR count). The average molecular weight is 290 g/mol. The molecule has 1 N–H and O–H groups in total. The Bertz CT molecular complexity index is 649. The molecule has 0 fully saturated rings. The van der Waals surface area contributed by atoms with Crippen molar-refractivity contribution in [3.63, 3.8) is 0 Å². The highest BCUT2D eigenvalue weighted by Crippen LogP contribution is 2.16. The Labute approximate surface area is 120 Å².